The van der Waals surface area contributed by atoms with Crippen LogP contribution in [0.25, 0.3) is 0 Å². The minimum atomic E-state index is 0.143. The molecule has 0 bridgehead atoms. The second kappa shape index (κ2) is 3.45. The fourth-order valence-corrected chi connectivity index (χ4v) is 2.09. The zero-order valence-corrected chi connectivity index (χ0v) is 8.66. The lowest BCUT2D eigenvalue weighted by Crippen LogP contribution is -2.37. The summed E-state index contributed by atoms with van der Waals surface area (Å²) in [5.41, 5.74) is 2.39. The van der Waals surface area contributed by atoms with Crippen LogP contribution >= 0.6 is 0 Å². The molecular weight excluding hydrogens is 174 g/mol. The molecule has 1 amide bonds. The van der Waals surface area contributed by atoms with Crippen molar-refractivity contribution < 1.29 is 4.79 Å². The van der Waals surface area contributed by atoms with E-state index in [1.165, 1.54) is 5.56 Å². The first kappa shape index (κ1) is 9.25. The highest BCUT2D eigenvalue weighted by Crippen LogP contribution is 2.29. The SMILES string of the molecule is CC(=O)N1C[C@H](C)Cc2ccccc21. The number of carbonyl (C=O) groups is 1. The third kappa shape index (κ3) is 1.52. The number of hydrogen-bond acceptors (Lipinski definition) is 1. The summed E-state index contributed by atoms with van der Waals surface area (Å²) in [4.78, 5) is 13.3. The first-order valence-corrected chi connectivity index (χ1v) is 5.04. The van der Waals surface area contributed by atoms with Gasteiger partial charge in [0.05, 0.1) is 0 Å². The van der Waals surface area contributed by atoms with E-state index in [1.54, 1.807) is 6.92 Å². The number of carbonyl (C=O) groups excluding carboxylic acids is 1. The van der Waals surface area contributed by atoms with Gasteiger partial charge in [-0.05, 0) is 24.0 Å². The van der Waals surface area contributed by atoms with E-state index >= 15 is 0 Å². The molecule has 2 rings (SSSR count). The van der Waals surface area contributed by atoms with E-state index in [2.05, 4.69) is 13.0 Å². The molecule has 0 spiro atoms. The average molecular weight is 189 g/mol. The standard InChI is InChI=1S/C12H15NO/c1-9-7-11-5-3-4-6-12(11)13(8-9)10(2)14/h3-6,9H,7-8H2,1-2H3/t9-/m1/s1. The largest absolute Gasteiger partial charge is 0.312 e. The Morgan fingerprint density at radius 3 is 2.86 bits per heavy atom. The van der Waals surface area contributed by atoms with Gasteiger partial charge < -0.3 is 4.90 Å². The van der Waals surface area contributed by atoms with E-state index < -0.39 is 0 Å². The molecule has 1 heterocycles. The molecule has 0 unspecified atom stereocenters. The van der Waals surface area contributed by atoms with Crippen LogP contribution < -0.4 is 4.90 Å². The van der Waals surface area contributed by atoms with Crippen LogP contribution in [0, 0.1) is 5.92 Å². The van der Waals surface area contributed by atoms with Crippen molar-refractivity contribution in [3.8, 4) is 0 Å². The first-order chi connectivity index (χ1) is 6.68. The lowest BCUT2D eigenvalue weighted by Gasteiger charge is -2.32. The molecule has 0 saturated carbocycles. The number of nitrogens with zero attached hydrogens (tertiary/aromatic N) is 1. The van der Waals surface area contributed by atoms with Gasteiger partial charge in [0.25, 0.3) is 0 Å². The van der Waals surface area contributed by atoms with Crippen LogP contribution in [0.4, 0.5) is 5.69 Å². The number of rotatable bonds is 0. The molecule has 1 aliphatic rings. The Hall–Kier alpha value is -1.31. The van der Waals surface area contributed by atoms with Gasteiger partial charge in [0.2, 0.25) is 5.91 Å². The fraction of sp³-hybridized carbons (Fsp3) is 0.417. The van der Waals surface area contributed by atoms with Gasteiger partial charge in [-0.25, -0.2) is 0 Å². The molecule has 74 valence electrons. The van der Waals surface area contributed by atoms with Crippen LogP contribution in [0.3, 0.4) is 0 Å². The molecule has 1 atom stereocenters. The maximum Gasteiger partial charge on any atom is 0.223 e. The van der Waals surface area contributed by atoms with Crippen molar-refractivity contribution in [3.05, 3.63) is 29.8 Å². The Kier molecular flexibility index (Phi) is 2.28. The zero-order chi connectivity index (χ0) is 10.1. The lowest BCUT2D eigenvalue weighted by atomic mass is 9.94. The summed E-state index contributed by atoms with van der Waals surface area (Å²) in [6, 6.07) is 8.17. The molecule has 1 aromatic carbocycles. The minimum Gasteiger partial charge on any atom is -0.312 e. The molecule has 0 saturated heterocycles. The molecule has 0 N–H and O–H groups in total. The molecule has 2 heteroatoms. The topological polar surface area (TPSA) is 20.3 Å². The number of anilines is 1. The number of benzene rings is 1. The zero-order valence-electron chi connectivity index (χ0n) is 8.66. The van der Waals surface area contributed by atoms with E-state index in [-0.39, 0.29) is 5.91 Å². The monoisotopic (exact) mass is 189 g/mol. The molecule has 0 fully saturated rings. The summed E-state index contributed by atoms with van der Waals surface area (Å²) in [6.07, 6.45) is 1.08. The van der Waals surface area contributed by atoms with Gasteiger partial charge in [-0.1, -0.05) is 25.1 Å². The second-order valence-corrected chi connectivity index (χ2v) is 4.07. The summed E-state index contributed by atoms with van der Waals surface area (Å²) >= 11 is 0. The smallest absolute Gasteiger partial charge is 0.223 e. The fourth-order valence-electron chi connectivity index (χ4n) is 2.09. The Bertz CT molecular complexity index is 359. The summed E-state index contributed by atoms with van der Waals surface area (Å²) in [5.74, 6) is 0.706. The highest BCUT2D eigenvalue weighted by atomic mass is 16.2. The van der Waals surface area contributed by atoms with E-state index in [9.17, 15) is 4.79 Å². The maximum absolute atomic E-state index is 11.4. The van der Waals surface area contributed by atoms with Gasteiger partial charge in [-0.15, -0.1) is 0 Å². The van der Waals surface area contributed by atoms with Crippen molar-refractivity contribution in [1.82, 2.24) is 0 Å². The summed E-state index contributed by atoms with van der Waals surface area (Å²) in [7, 11) is 0. The molecule has 1 aromatic rings. The Morgan fingerprint density at radius 1 is 1.43 bits per heavy atom. The van der Waals surface area contributed by atoms with Crippen LogP contribution in [0.1, 0.15) is 19.4 Å². The van der Waals surface area contributed by atoms with Crippen molar-refractivity contribution in [2.45, 2.75) is 20.3 Å². The molecule has 0 radical (unpaired) electrons. The van der Waals surface area contributed by atoms with E-state index in [0.29, 0.717) is 5.92 Å². The molecular formula is C12H15NO. The van der Waals surface area contributed by atoms with Crippen LogP contribution in [0.5, 0.6) is 0 Å². The predicted octanol–water partition coefficient (Wildman–Crippen LogP) is 2.23. The van der Waals surface area contributed by atoms with Crippen molar-refractivity contribution in [1.29, 1.82) is 0 Å². The van der Waals surface area contributed by atoms with E-state index in [1.807, 2.05) is 23.1 Å². The first-order valence-electron chi connectivity index (χ1n) is 5.04. The van der Waals surface area contributed by atoms with Gasteiger partial charge in [-0.3, -0.25) is 4.79 Å². The van der Waals surface area contributed by atoms with Gasteiger partial charge in [0, 0.05) is 19.2 Å². The van der Waals surface area contributed by atoms with Crippen LogP contribution in [0.15, 0.2) is 24.3 Å². The number of para-hydroxylation sites is 1. The Labute approximate surface area is 84.5 Å². The highest BCUT2D eigenvalue weighted by Gasteiger charge is 2.23. The Morgan fingerprint density at radius 2 is 2.14 bits per heavy atom. The quantitative estimate of drug-likeness (QED) is 0.613. The lowest BCUT2D eigenvalue weighted by molar-refractivity contribution is -0.116. The summed E-state index contributed by atoms with van der Waals surface area (Å²) in [6.45, 7) is 4.67. The van der Waals surface area contributed by atoms with E-state index in [0.717, 1.165) is 18.7 Å². The number of hydrogen-bond donors (Lipinski definition) is 0. The third-order valence-electron chi connectivity index (χ3n) is 2.73. The van der Waals surface area contributed by atoms with Crippen LogP contribution in [0.2, 0.25) is 0 Å². The maximum atomic E-state index is 11.4. The van der Waals surface area contributed by atoms with Gasteiger partial charge in [0.1, 0.15) is 0 Å². The van der Waals surface area contributed by atoms with Gasteiger partial charge in [-0.2, -0.15) is 0 Å². The molecule has 0 aliphatic carbocycles. The van der Waals surface area contributed by atoms with E-state index in [4.69, 9.17) is 0 Å². The highest BCUT2D eigenvalue weighted by molar-refractivity contribution is 5.92. The summed E-state index contributed by atoms with van der Waals surface area (Å²) < 4.78 is 0. The molecule has 2 nitrogen and oxygen atoms in total. The predicted molar refractivity (Wildman–Crippen MR) is 57.3 cm³/mol. The van der Waals surface area contributed by atoms with Gasteiger partial charge in [0.15, 0.2) is 0 Å². The van der Waals surface area contributed by atoms with Crippen LogP contribution in [-0.4, -0.2) is 12.5 Å². The molecule has 14 heavy (non-hydrogen) atoms. The third-order valence-corrected chi connectivity index (χ3v) is 2.73. The van der Waals surface area contributed by atoms with Crippen molar-refractivity contribution in [2.24, 2.45) is 5.92 Å². The molecule has 1 aliphatic heterocycles. The Balaban J connectivity index is 2.43. The van der Waals surface area contributed by atoms with Crippen molar-refractivity contribution >= 4 is 11.6 Å². The second-order valence-electron chi connectivity index (χ2n) is 4.07. The van der Waals surface area contributed by atoms with Crippen molar-refractivity contribution in [3.63, 3.8) is 0 Å². The number of amides is 1. The van der Waals surface area contributed by atoms with Crippen molar-refractivity contribution in [2.75, 3.05) is 11.4 Å². The normalized spacial score (nSPS) is 20.4. The van der Waals surface area contributed by atoms with Crippen LogP contribution in [-0.2, 0) is 11.2 Å². The summed E-state index contributed by atoms with van der Waals surface area (Å²) in [5, 5.41) is 0. The minimum absolute atomic E-state index is 0.143. The molecule has 0 aromatic heterocycles. The van der Waals surface area contributed by atoms with Gasteiger partial charge >= 0.3 is 0 Å². The average Bonchev–Trinajstić information content (AvgIpc) is 2.16. The number of fused-ring (bicyclic) bond motifs is 1.